The van der Waals surface area contributed by atoms with E-state index in [1.54, 1.807) is 23.2 Å². The SMILES string of the molecule is CCN(Cc1ccc(OC)c(F)c1)C(=O)c1cc(N2CCOCC2)cc[nH+]1. The van der Waals surface area contributed by atoms with Crippen molar-refractivity contribution in [3.8, 4) is 5.75 Å². The minimum atomic E-state index is -0.431. The average Bonchev–Trinajstić information content (AvgIpc) is 2.72. The lowest BCUT2D eigenvalue weighted by Gasteiger charge is -2.28. The number of amides is 1. The van der Waals surface area contributed by atoms with Gasteiger partial charge < -0.3 is 19.3 Å². The van der Waals surface area contributed by atoms with Crippen LogP contribution in [0.3, 0.4) is 0 Å². The molecular weight excluding hydrogens is 349 g/mol. The molecule has 3 rings (SSSR count). The van der Waals surface area contributed by atoms with Gasteiger partial charge in [0.2, 0.25) is 0 Å². The van der Waals surface area contributed by atoms with Crippen molar-refractivity contribution in [3.63, 3.8) is 0 Å². The van der Waals surface area contributed by atoms with Gasteiger partial charge in [-0.25, -0.2) is 9.37 Å². The molecule has 1 fully saturated rings. The number of hydrogen-bond donors (Lipinski definition) is 0. The molecule has 1 saturated heterocycles. The molecule has 0 radical (unpaired) electrons. The van der Waals surface area contributed by atoms with Crippen LogP contribution < -0.4 is 14.6 Å². The molecule has 7 heteroatoms. The quantitative estimate of drug-likeness (QED) is 0.778. The molecule has 1 aromatic carbocycles. The molecule has 6 nitrogen and oxygen atoms in total. The summed E-state index contributed by atoms with van der Waals surface area (Å²) in [5.41, 5.74) is 2.22. The normalized spacial score (nSPS) is 14.1. The van der Waals surface area contributed by atoms with E-state index in [2.05, 4.69) is 9.88 Å². The second-order valence-electron chi connectivity index (χ2n) is 6.35. The molecule has 1 aliphatic heterocycles. The van der Waals surface area contributed by atoms with Crippen molar-refractivity contribution < 1.29 is 23.6 Å². The van der Waals surface area contributed by atoms with Crippen molar-refractivity contribution in [3.05, 3.63) is 53.6 Å². The third kappa shape index (κ3) is 4.54. The summed E-state index contributed by atoms with van der Waals surface area (Å²) in [6.45, 7) is 5.73. The number of morpholine rings is 1. The maximum atomic E-state index is 13.9. The summed E-state index contributed by atoms with van der Waals surface area (Å²) in [5, 5.41) is 0. The number of carbonyl (C=O) groups is 1. The van der Waals surface area contributed by atoms with Crippen LogP contribution in [0.2, 0.25) is 0 Å². The smallest absolute Gasteiger partial charge is 0.318 e. The van der Waals surface area contributed by atoms with E-state index in [0.29, 0.717) is 37.6 Å². The van der Waals surface area contributed by atoms with Gasteiger partial charge in [0.15, 0.2) is 17.8 Å². The Morgan fingerprint density at radius 2 is 2.07 bits per heavy atom. The molecule has 0 saturated carbocycles. The molecule has 1 amide bonds. The second kappa shape index (κ2) is 8.81. The monoisotopic (exact) mass is 374 g/mol. The molecule has 1 N–H and O–H groups in total. The van der Waals surface area contributed by atoms with Crippen LogP contribution in [0, 0.1) is 5.82 Å². The Kier molecular flexibility index (Phi) is 6.24. The molecule has 1 aliphatic rings. The fourth-order valence-electron chi connectivity index (χ4n) is 3.12. The van der Waals surface area contributed by atoms with Gasteiger partial charge in [0.05, 0.1) is 20.3 Å². The number of methoxy groups -OCH3 is 1. The molecule has 2 heterocycles. The topological polar surface area (TPSA) is 56.2 Å². The van der Waals surface area contributed by atoms with E-state index in [-0.39, 0.29) is 11.7 Å². The fourth-order valence-corrected chi connectivity index (χ4v) is 3.12. The fraction of sp³-hybridized carbons (Fsp3) is 0.400. The number of ether oxygens (including phenoxy) is 2. The van der Waals surface area contributed by atoms with E-state index >= 15 is 0 Å². The third-order valence-electron chi connectivity index (χ3n) is 4.65. The number of halogens is 1. The van der Waals surface area contributed by atoms with E-state index in [0.717, 1.165) is 18.8 Å². The van der Waals surface area contributed by atoms with Gasteiger partial charge in [-0.3, -0.25) is 4.79 Å². The number of hydrogen-bond acceptors (Lipinski definition) is 4. The minimum absolute atomic E-state index is 0.121. The molecule has 27 heavy (non-hydrogen) atoms. The number of H-pyrrole nitrogens is 1. The van der Waals surface area contributed by atoms with Crippen molar-refractivity contribution in [1.29, 1.82) is 0 Å². The number of pyridine rings is 1. The van der Waals surface area contributed by atoms with Gasteiger partial charge in [-0.1, -0.05) is 6.07 Å². The highest BCUT2D eigenvalue weighted by Gasteiger charge is 2.23. The number of nitrogens with zero attached hydrogens (tertiary/aromatic N) is 2. The molecule has 2 aromatic rings. The van der Waals surface area contributed by atoms with Gasteiger partial charge in [0.1, 0.15) is 0 Å². The van der Waals surface area contributed by atoms with E-state index in [1.807, 2.05) is 19.1 Å². The molecule has 0 atom stereocenters. The molecule has 0 unspecified atom stereocenters. The number of rotatable bonds is 6. The summed E-state index contributed by atoms with van der Waals surface area (Å²) in [6, 6.07) is 8.57. The predicted octanol–water partition coefficient (Wildman–Crippen LogP) is 2.15. The first-order valence-electron chi connectivity index (χ1n) is 9.08. The molecule has 0 spiro atoms. The minimum Gasteiger partial charge on any atom is -0.494 e. The van der Waals surface area contributed by atoms with Gasteiger partial charge in [0, 0.05) is 44.0 Å². The maximum Gasteiger partial charge on any atom is 0.318 e. The van der Waals surface area contributed by atoms with Gasteiger partial charge in [-0.15, -0.1) is 0 Å². The van der Waals surface area contributed by atoms with Crippen LogP contribution in [0.25, 0.3) is 0 Å². The Bertz CT molecular complexity index is 794. The predicted molar refractivity (Wildman–Crippen MR) is 99.4 cm³/mol. The van der Waals surface area contributed by atoms with Crippen LogP contribution in [0.5, 0.6) is 5.75 Å². The van der Waals surface area contributed by atoms with Gasteiger partial charge in [0.25, 0.3) is 5.69 Å². The highest BCUT2D eigenvalue weighted by atomic mass is 19.1. The summed E-state index contributed by atoms with van der Waals surface area (Å²) in [6.07, 6.45) is 1.78. The second-order valence-corrected chi connectivity index (χ2v) is 6.35. The van der Waals surface area contributed by atoms with Gasteiger partial charge in [-0.2, -0.15) is 0 Å². The maximum absolute atomic E-state index is 13.9. The standard InChI is InChI=1S/C20H24FN3O3/c1-3-23(14-15-4-5-19(26-2)17(21)12-15)20(25)18-13-16(6-7-22-18)24-8-10-27-11-9-24/h4-7,12-13H,3,8-11,14H2,1-2H3/p+1. The number of benzene rings is 1. The highest BCUT2D eigenvalue weighted by molar-refractivity contribution is 5.91. The zero-order valence-electron chi connectivity index (χ0n) is 15.7. The first kappa shape index (κ1) is 19.1. The summed E-state index contributed by atoms with van der Waals surface area (Å²) in [7, 11) is 1.43. The Hall–Kier alpha value is -2.67. The van der Waals surface area contributed by atoms with Crippen LogP contribution in [0.4, 0.5) is 10.1 Å². The lowest BCUT2D eigenvalue weighted by Crippen LogP contribution is -2.38. The summed E-state index contributed by atoms with van der Waals surface area (Å²) < 4.78 is 24.3. The first-order valence-corrected chi connectivity index (χ1v) is 9.08. The van der Waals surface area contributed by atoms with Crippen LogP contribution in [0.1, 0.15) is 23.0 Å². The van der Waals surface area contributed by atoms with Crippen molar-refractivity contribution in [1.82, 2.24) is 4.90 Å². The van der Waals surface area contributed by atoms with E-state index < -0.39 is 5.82 Å². The molecule has 0 aliphatic carbocycles. The Morgan fingerprint density at radius 1 is 1.30 bits per heavy atom. The van der Waals surface area contributed by atoms with Crippen molar-refractivity contribution >= 4 is 11.6 Å². The van der Waals surface area contributed by atoms with E-state index in [4.69, 9.17) is 9.47 Å². The van der Waals surface area contributed by atoms with Crippen LogP contribution in [-0.2, 0) is 11.3 Å². The molecule has 0 bridgehead atoms. The zero-order chi connectivity index (χ0) is 19.2. The molecular formula is C20H25FN3O3+. The van der Waals surface area contributed by atoms with E-state index in [9.17, 15) is 9.18 Å². The Balaban J connectivity index is 1.75. The number of aromatic nitrogens is 1. The van der Waals surface area contributed by atoms with Crippen LogP contribution in [0.15, 0.2) is 36.5 Å². The number of nitrogens with one attached hydrogen (secondary N) is 1. The van der Waals surface area contributed by atoms with Crippen molar-refractivity contribution in [2.45, 2.75) is 13.5 Å². The van der Waals surface area contributed by atoms with Crippen molar-refractivity contribution in [2.24, 2.45) is 0 Å². The summed E-state index contributed by atoms with van der Waals surface area (Å²) in [5.74, 6) is -0.358. The van der Waals surface area contributed by atoms with Crippen LogP contribution >= 0.6 is 0 Å². The van der Waals surface area contributed by atoms with Gasteiger partial charge in [-0.05, 0) is 24.6 Å². The average molecular weight is 374 g/mol. The summed E-state index contributed by atoms with van der Waals surface area (Å²) >= 11 is 0. The number of anilines is 1. The highest BCUT2D eigenvalue weighted by Crippen LogP contribution is 2.20. The first-order chi connectivity index (χ1) is 13.1. The lowest BCUT2D eigenvalue weighted by molar-refractivity contribution is -0.382. The van der Waals surface area contributed by atoms with Crippen molar-refractivity contribution in [2.75, 3.05) is 44.9 Å². The third-order valence-corrected chi connectivity index (χ3v) is 4.65. The van der Waals surface area contributed by atoms with Crippen LogP contribution in [-0.4, -0.2) is 50.8 Å². The lowest BCUT2D eigenvalue weighted by atomic mass is 10.1. The zero-order valence-corrected chi connectivity index (χ0v) is 15.7. The largest absolute Gasteiger partial charge is 0.494 e. The summed E-state index contributed by atoms with van der Waals surface area (Å²) in [4.78, 5) is 19.9. The van der Waals surface area contributed by atoms with E-state index in [1.165, 1.54) is 13.2 Å². The molecule has 1 aromatic heterocycles. The Labute approximate surface area is 158 Å². The number of carbonyl (C=O) groups excluding carboxylic acids is 1. The Morgan fingerprint density at radius 3 is 2.74 bits per heavy atom. The molecule has 144 valence electrons. The number of aromatic amines is 1. The van der Waals surface area contributed by atoms with Gasteiger partial charge >= 0.3 is 5.91 Å².